The van der Waals surface area contributed by atoms with Gasteiger partial charge in [-0.3, -0.25) is 4.98 Å². The van der Waals surface area contributed by atoms with E-state index in [1.807, 2.05) is 20.8 Å². The molecule has 0 aliphatic carbocycles. The van der Waals surface area contributed by atoms with Gasteiger partial charge < -0.3 is 14.4 Å². The maximum Gasteiger partial charge on any atom is 0.410 e. The van der Waals surface area contributed by atoms with Crippen LogP contribution in [0.5, 0.6) is 0 Å². The fourth-order valence-corrected chi connectivity index (χ4v) is 3.83. The number of nitriles is 1. The van der Waals surface area contributed by atoms with Crippen LogP contribution in [0.1, 0.15) is 70.5 Å². The molecule has 0 unspecified atom stereocenters. The molecule has 1 spiro atoms. The van der Waals surface area contributed by atoms with E-state index in [1.165, 1.54) is 6.07 Å². The van der Waals surface area contributed by atoms with Crippen LogP contribution in [0, 0.1) is 29.5 Å². The summed E-state index contributed by atoms with van der Waals surface area (Å²) in [4.78, 5) is 18.6. The van der Waals surface area contributed by atoms with Gasteiger partial charge in [-0.15, -0.1) is 0 Å². The first kappa shape index (κ1) is 20.5. The quantitative estimate of drug-likeness (QED) is 0.713. The predicted octanol–water partition coefficient (Wildman–Crippen LogP) is 4.38. The van der Waals surface area contributed by atoms with E-state index in [1.54, 1.807) is 25.7 Å². The highest BCUT2D eigenvalue weighted by Crippen LogP contribution is 2.54. The number of amides is 1. The lowest BCUT2D eigenvalue weighted by Gasteiger charge is -2.40. The first-order valence-corrected chi connectivity index (χ1v) is 9.63. The van der Waals surface area contributed by atoms with Crippen LogP contribution in [0.2, 0.25) is 0 Å². The van der Waals surface area contributed by atoms with E-state index in [9.17, 15) is 14.4 Å². The third kappa shape index (κ3) is 3.58. The average molecular weight is 389 g/mol. The molecule has 0 bridgehead atoms. The van der Waals surface area contributed by atoms with Gasteiger partial charge in [-0.1, -0.05) is 0 Å². The van der Waals surface area contributed by atoms with Crippen molar-refractivity contribution in [2.75, 3.05) is 13.1 Å². The predicted molar refractivity (Wildman–Crippen MR) is 101 cm³/mol. The SMILES string of the molecule is Cc1nc2c(cc1F)[C@H](C(C)(C)C#N)OC21CCN(C(=O)OC(C)(C)C)CC1. The molecule has 3 heterocycles. The summed E-state index contributed by atoms with van der Waals surface area (Å²) in [5, 5.41) is 9.60. The second-order valence-corrected chi connectivity index (χ2v) is 9.29. The van der Waals surface area contributed by atoms with Crippen molar-refractivity contribution in [3.8, 4) is 6.07 Å². The Hall–Kier alpha value is -2.20. The van der Waals surface area contributed by atoms with E-state index in [0.29, 0.717) is 42.9 Å². The van der Waals surface area contributed by atoms with Crippen molar-refractivity contribution in [2.45, 2.75) is 71.7 Å². The molecule has 6 nitrogen and oxygen atoms in total. The number of likely N-dealkylation sites (tertiary alicyclic amines) is 1. The summed E-state index contributed by atoms with van der Waals surface area (Å²) in [6.07, 6.45) is 0.130. The van der Waals surface area contributed by atoms with Crippen molar-refractivity contribution in [3.63, 3.8) is 0 Å². The molecule has 28 heavy (non-hydrogen) atoms. The van der Waals surface area contributed by atoms with Gasteiger partial charge in [-0.05, 0) is 60.5 Å². The molecule has 1 fully saturated rings. The molecule has 2 aliphatic heterocycles. The fourth-order valence-electron chi connectivity index (χ4n) is 3.83. The summed E-state index contributed by atoms with van der Waals surface area (Å²) in [7, 11) is 0. The number of aromatic nitrogens is 1. The maximum atomic E-state index is 14.3. The Bertz CT molecular complexity index is 831. The molecule has 1 atom stereocenters. The zero-order valence-electron chi connectivity index (χ0n) is 17.4. The monoisotopic (exact) mass is 389 g/mol. The molecule has 0 saturated carbocycles. The number of carbonyl (C=O) groups is 1. The van der Waals surface area contributed by atoms with Gasteiger partial charge >= 0.3 is 6.09 Å². The highest BCUT2D eigenvalue weighted by molar-refractivity contribution is 5.68. The standard InChI is InChI=1S/C21H28FN3O3/c1-13-15(22)11-14-16(24-13)21(27-17(14)20(5,6)12-23)7-9-25(10-8-21)18(26)28-19(2,3)4/h11,17H,7-10H2,1-6H3/t17-/m1/s1. The van der Waals surface area contributed by atoms with Crippen molar-refractivity contribution < 1.29 is 18.7 Å². The van der Waals surface area contributed by atoms with Gasteiger partial charge in [0.2, 0.25) is 0 Å². The highest BCUT2D eigenvalue weighted by Gasteiger charge is 2.53. The molecule has 1 saturated heterocycles. The largest absolute Gasteiger partial charge is 0.444 e. The number of fused-ring (bicyclic) bond motifs is 2. The topological polar surface area (TPSA) is 75.5 Å². The van der Waals surface area contributed by atoms with Gasteiger partial charge in [0.1, 0.15) is 23.1 Å². The second kappa shape index (κ2) is 6.70. The first-order valence-electron chi connectivity index (χ1n) is 9.63. The third-order valence-corrected chi connectivity index (χ3v) is 5.40. The molecule has 1 amide bonds. The number of carbonyl (C=O) groups excluding carboxylic acids is 1. The smallest absolute Gasteiger partial charge is 0.410 e. The summed E-state index contributed by atoms with van der Waals surface area (Å²) in [5.41, 5.74) is -0.453. The summed E-state index contributed by atoms with van der Waals surface area (Å²) in [6.45, 7) is 11.6. The molecule has 0 aromatic carbocycles. The average Bonchev–Trinajstić information content (AvgIpc) is 2.89. The molecule has 2 aliphatic rings. The number of rotatable bonds is 1. The summed E-state index contributed by atoms with van der Waals surface area (Å²) in [6, 6.07) is 3.73. The van der Waals surface area contributed by atoms with Gasteiger partial charge in [0.05, 0.1) is 22.9 Å². The lowest BCUT2D eigenvalue weighted by atomic mass is 9.82. The van der Waals surface area contributed by atoms with Gasteiger partial charge in [-0.25, -0.2) is 9.18 Å². The van der Waals surface area contributed by atoms with Crippen molar-refractivity contribution in [3.05, 3.63) is 28.8 Å². The van der Waals surface area contributed by atoms with E-state index in [4.69, 9.17) is 9.47 Å². The fraction of sp³-hybridized carbons (Fsp3) is 0.667. The van der Waals surface area contributed by atoms with Crippen LogP contribution >= 0.6 is 0 Å². The Kier molecular flexibility index (Phi) is 4.91. The minimum atomic E-state index is -0.829. The van der Waals surface area contributed by atoms with Gasteiger partial charge in [0, 0.05) is 18.7 Å². The van der Waals surface area contributed by atoms with Gasteiger partial charge in [-0.2, -0.15) is 5.26 Å². The number of nitrogens with zero attached hydrogens (tertiary/aromatic N) is 3. The van der Waals surface area contributed by atoms with Crippen LogP contribution < -0.4 is 0 Å². The maximum absolute atomic E-state index is 14.3. The molecule has 1 aromatic rings. The van der Waals surface area contributed by atoms with Crippen LogP contribution in [0.4, 0.5) is 9.18 Å². The van der Waals surface area contributed by atoms with Crippen LogP contribution in [0.25, 0.3) is 0 Å². The number of pyridine rings is 1. The minimum absolute atomic E-state index is 0.312. The number of aryl methyl sites for hydroxylation is 1. The lowest BCUT2D eigenvalue weighted by molar-refractivity contribution is -0.134. The minimum Gasteiger partial charge on any atom is -0.444 e. The Morgan fingerprint density at radius 1 is 1.36 bits per heavy atom. The van der Waals surface area contributed by atoms with Crippen LogP contribution in [0.3, 0.4) is 0 Å². The third-order valence-electron chi connectivity index (χ3n) is 5.40. The molecular formula is C21H28FN3O3. The van der Waals surface area contributed by atoms with Crippen molar-refractivity contribution in [1.82, 2.24) is 9.88 Å². The molecule has 0 N–H and O–H groups in total. The van der Waals surface area contributed by atoms with E-state index >= 15 is 0 Å². The number of halogens is 1. The molecule has 7 heteroatoms. The second-order valence-electron chi connectivity index (χ2n) is 9.29. The van der Waals surface area contributed by atoms with Crippen LogP contribution in [-0.4, -0.2) is 34.7 Å². The van der Waals surface area contributed by atoms with Crippen LogP contribution in [0.15, 0.2) is 6.07 Å². The molecule has 152 valence electrons. The zero-order chi connectivity index (χ0) is 20.9. The summed E-state index contributed by atoms with van der Waals surface area (Å²) < 4.78 is 26.1. The van der Waals surface area contributed by atoms with Crippen molar-refractivity contribution >= 4 is 6.09 Å². The molecular weight excluding hydrogens is 361 g/mol. The number of piperidine rings is 1. The molecule has 3 rings (SSSR count). The molecule has 0 radical (unpaired) electrons. The Labute approximate surface area is 165 Å². The van der Waals surface area contributed by atoms with Gasteiger partial charge in [0.15, 0.2) is 0 Å². The van der Waals surface area contributed by atoms with Crippen molar-refractivity contribution in [1.29, 1.82) is 5.26 Å². The number of ether oxygens (including phenoxy) is 2. The van der Waals surface area contributed by atoms with E-state index in [-0.39, 0.29) is 6.09 Å². The highest BCUT2D eigenvalue weighted by atomic mass is 19.1. The summed E-state index contributed by atoms with van der Waals surface area (Å²) in [5.74, 6) is -0.399. The Morgan fingerprint density at radius 2 is 1.96 bits per heavy atom. The molecule has 1 aromatic heterocycles. The van der Waals surface area contributed by atoms with E-state index < -0.39 is 28.5 Å². The van der Waals surface area contributed by atoms with E-state index in [0.717, 1.165) is 0 Å². The van der Waals surface area contributed by atoms with Gasteiger partial charge in [0.25, 0.3) is 0 Å². The van der Waals surface area contributed by atoms with E-state index in [2.05, 4.69) is 11.1 Å². The number of hydrogen-bond donors (Lipinski definition) is 0. The Balaban J connectivity index is 1.89. The van der Waals surface area contributed by atoms with Crippen molar-refractivity contribution in [2.24, 2.45) is 5.41 Å². The zero-order valence-corrected chi connectivity index (χ0v) is 17.4. The lowest BCUT2D eigenvalue weighted by Crippen LogP contribution is -2.47. The first-order chi connectivity index (χ1) is 12.9. The number of hydrogen-bond acceptors (Lipinski definition) is 5. The normalized spacial score (nSPS) is 21.4. The Morgan fingerprint density at radius 3 is 2.50 bits per heavy atom. The summed E-state index contributed by atoms with van der Waals surface area (Å²) >= 11 is 0. The van der Waals surface area contributed by atoms with Crippen LogP contribution in [-0.2, 0) is 15.1 Å².